The maximum atomic E-state index is 13.0. The molecule has 0 radical (unpaired) electrons. The lowest BCUT2D eigenvalue weighted by molar-refractivity contribution is -0.133. The van der Waals surface area contributed by atoms with Crippen LogP contribution in [0.1, 0.15) is 52.0 Å². The fourth-order valence-electron chi connectivity index (χ4n) is 5.18. The van der Waals surface area contributed by atoms with Crippen molar-refractivity contribution in [3.05, 3.63) is 54.7 Å². The quantitative estimate of drug-likeness (QED) is 0.376. The molecule has 0 aromatic carbocycles. The van der Waals surface area contributed by atoms with Crippen LogP contribution in [0.15, 0.2) is 49.2 Å². The largest absolute Gasteiger partial charge is 0.355 e. The first-order valence-electron chi connectivity index (χ1n) is 13.6. The molecule has 5 rings (SSSR count). The van der Waals surface area contributed by atoms with Crippen LogP contribution in [0.25, 0.3) is 27.8 Å². The molecule has 0 unspecified atom stereocenters. The Hall–Kier alpha value is -4.19. The Balaban J connectivity index is 1.43. The smallest absolute Gasteiger partial charge is 0.223 e. The molecule has 202 valence electrons. The van der Waals surface area contributed by atoms with Crippen LogP contribution in [0.2, 0.25) is 0 Å². The van der Waals surface area contributed by atoms with E-state index in [1.54, 1.807) is 15.4 Å². The minimum Gasteiger partial charge on any atom is -0.355 e. The van der Waals surface area contributed by atoms with Crippen molar-refractivity contribution in [2.75, 3.05) is 31.1 Å². The van der Waals surface area contributed by atoms with Crippen molar-refractivity contribution >= 4 is 17.2 Å². The molecule has 0 aliphatic carbocycles. The molecule has 4 aromatic heterocycles. The Labute approximate surface area is 229 Å². The van der Waals surface area contributed by atoms with Gasteiger partial charge >= 0.3 is 0 Å². The minimum atomic E-state index is -0.0206. The molecule has 0 bridgehead atoms. The van der Waals surface area contributed by atoms with E-state index >= 15 is 0 Å². The second-order valence-electron chi connectivity index (χ2n) is 11.6. The number of rotatable bonds is 4. The number of carbonyl (C=O) groups excluding carboxylic acids is 1. The first-order valence-corrected chi connectivity index (χ1v) is 13.6. The summed E-state index contributed by atoms with van der Waals surface area (Å²) in [7, 11) is 1.89. The summed E-state index contributed by atoms with van der Waals surface area (Å²) in [5.74, 6) is 1.14. The molecular formula is C30H36N8O. The maximum absolute atomic E-state index is 13.0. The number of amides is 1. The lowest BCUT2D eigenvalue weighted by Crippen LogP contribution is -2.40. The van der Waals surface area contributed by atoms with Gasteiger partial charge < -0.3 is 9.80 Å². The number of carbonyl (C=O) groups is 1. The Morgan fingerprint density at radius 2 is 1.77 bits per heavy atom. The van der Waals surface area contributed by atoms with Gasteiger partial charge in [-0.2, -0.15) is 15.5 Å². The average Bonchev–Trinajstić information content (AvgIpc) is 3.55. The number of fused-ring (bicyclic) bond motifs is 1. The predicted molar refractivity (Wildman–Crippen MR) is 152 cm³/mol. The number of nitriles is 1. The summed E-state index contributed by atoms with van der Waals surface area (Å²) in [5, 5.41) is 18.5. The molecule has 1 amide bonds. The Kier molecular flexibility index (Phi) is 7.38. The van der Waals surface area contributed by atoms with Crippen molar-refractivity contribution < 1.29 is 4.79 Å². The molecule has 39 heavy (non-hydrogen) atoms. The van der Waals surface area contributed by atoms with E-state index in [1.807, 2.05) is 42.8 Å². The highest BCUT2D eigenvalue weighted by Crippen LogP contribution is 2.32. The van der Waals surface area contributed by atoms with Crippen molar-refractivity contribution in [1.29, 1.82) is 5.26 Å². The highest BCUT2D eigenvalue weighted by atomic mass is 16.2. The number of nitrogens with zero attached hydrogens (tertiary/aromatic N) is 8. The Morgan fingerprint density at radius 1 is 0.949 bits per heavy atom. The van der Waals surface area contributed by atoms with Crippen molar-refractivity contribution in [1.82, 2.24) is 29.3 Å². The van der Waals surface area contributed by atoms with Gasteiger partial charge in [-0.3, -0.25) is 9.48 Å². The molecule has 1 aliphatic heterocycles. The Morgan fingerprint density at radius 3 is 2.46 bits per heavy atom. The third-order valence-corrected chi connectivity index (χ3v) is 7.18. The minimum absolute atomic E-state index is 0.0206. The Bertz CT molecular complexity index is 1500. The second-order valence-corrected chi connectivity index (χ2v) is 11.6. The third kappa shape index (κ3) is 5.95. The van der Waals surface area contributed by atoms with Gasteiger partial charge in [0.1, 0.15) is 11.9 Å². The summed E-state index contributed by atoms with van der Waals surface area (Å²) in [6.07, 6.45) is 12.9. The highest BCUT2D eigenvalue weighted by Gasteiger charge is 2.23. The summed E-state index contributed by atoms with van der Waals surface area (Å²) in [5.41, 5.74) is 5.00. The third-order valence-electron chi connectivity index (χ3n) is 7.18. The molecule has 9 nitrogen and oxygen atoms in total. The summed E-state index contributed by atoms with van der Waals surface area (Å²) in [6.45, 7) is 9.53. The molecule has 0 N–H and O–H groups in total. The van der Waals surface area contributed by atoms with E-state index in [4.69, 9.17) is 4.98 Å². The van der Waals surface area contributed by atoms with E-state index in [2.05, 4.69) is 54.1 Å². The van der Waals surface area contributed by atoms with Crippen LogP contribution in [-0.2, 0) is 11.8 Å². The first-order chi connectivity index (χ1) is 18.7. The van der Waals surface area contributed by atoms with Crippen LogP contribution in [0, 0.1) is 16.7 Å². The normalized spacial score (nSPS) is 15.1. The van der Waals surface area contributed by atoms with Crippen molar-refractivity contribution in [3.8, 4) is 28.3 Å². The SMILES string of the molecule is Cn1cc(-c2cc(-c3ccc(N4CCCCCN(C(=O)CC(C)(C)C)CC4)nc3)c3c(C#N)cnn3c2)cn1. The topological polar surface area (TPSA) is 95.3 Å². The zero-order valence-electron chi connectivity index (χ0n) is 23.3. The molecule has 1 fully saturated rings. The number of aryl methyl sites for hydroxylation is 1. The fourth-order valence-corrected chi connectivity index (χ4v) is 5.18. The van der Waals surface area contributed by atoms with E-state index < -0.39 is 0 Å². The summed E-state index contributed by atoms with van der Waals surface area (Å²) in [6, 6.07) is 8.46. The van der Waals surface area contributed by atoms with E-state index in [1.165, 1.54) is 0 Å². The summed E-state index contributed by atoms with van der Waals surface area (Å²) >= 11 is 0. The van der Waals surface area contributed by atoms with Crippen LogP contribution in [0.3, 0.4) is 0 Å². The molecule has 5 heterocycles. The standard InChI is InChI=1S/C30H36N8O/c1-30(2,3)15-28(39)37-11-7-5-6-10-36(12-13-37)27-9-8-22(17-32-27)26-14-23(25-19-33-35(4)20-25)21-38-29(26)24(16-31)18-34-38/h8-9,14,17-21H,5-7,10-13,15H2,1-4H3. The molecule has 0 saturated carbocycles. The van der Waals surface area contributed by atoms with Gasteiger partial charge in [0.15, 0.2) is 0 Å². The van der Waals surface area contributed by atoms with Crippen molar-refractivity contribution in [2.24, 2.45) is 12.5 Å². The van der Waals surface area contributed by atoms with Crippen LogP contribution >= 0.6 is 0 Å². The van der Waals surface area contributed by atoms with Crippen LogP contribution in [0.5, 0.6) is 0 Å². The van der Waals surface area contributed by atoms with Gasteiger partial charge in [0.25, 0.3) is 0 Å². The van der Waals surface area contributed by atoms with Crippen molar-refractivity contribution in [2.45, 2.75) is 46.5 Å². The first kappa shape index (κ1) is 26.4. The fraction of sp³-hybridized carbons (Fsp3) is 0.433. The van der Waals surface area contributed by atoms with Crippen LogP contribution in [-0.4, -0.2) is 61.4 Å². The van der Waals surface area contributed by atoms with Gasteiger partial charge in [0.2, 0.25) is 5.91 Å². The lowest BCUT2D eigenvalue weighted by atomic mass is 9.91. The zero-order valence-corrected chi connectivity index (χ0v) is 23.3. The molecular weight excluding hydrogens is 488 g/mol. The summed E-state index contributed by atoms with van der Waals surface area (Å²) in [4.78, 5) is 22.1. The van der Waals surface area contributed by atoms with Gasteiger partial charge in [-0.15, -0.1) is 0 Å². The number of pyridine rings is 2. The molecule has 0 spiro atoms. The maximum Gasteiger partial charge on any atom is 0.223 e. The van der Waals surface area contributed by atoms with Crippen molar-refractivity contribution in [3.63, 3.8) is 0 Å². The van der Waals surface area contributed by atoms with Gasteiger partial charge in [0, 0.05) is 80.5 Å². The number of hydrogen-bond acceptors (Lipinski definition) is 6. The lowest BCUT2D eigenvalue weighted by Gasteiger charge is -2.29. The van der Waals surface area contributed by atoms with Gasteiger partial charge in [-0.1, -0.05) is 20.8 Å². The monoisotopic (exact) mass is 524 g/mol. The highest BCUT2D eigenvalue weighted by molar-refractivity contribution is 5.87. The molecule has 0 atom stereocenters. The molecule has 9 heteroatoms. The second kappa shape index (κ2) is 10.9. The number of anilines is 1. The number of aromatic nitrogens is 5. The van der Waals surface area contributed by atoms with Gasteiger partial charge in [-0.05, 0) is 42.9 Å². The van der Waals surface area contributed by atoms with E-state index in [0.717, 1.165) is 72.5 Å². The van der Waals surface area contributed by atoms with Crippen LogP contribution < -0.4 is 4.90 Å². The molecule has 4 aromatic rings. The van der Waals surface area contributed by atoms with E-state index in [-0.39, 0.29) is 11.3 Å². The molecule has 1 aliphatic rings. The number of hydrogen-bond donors (Lipinski definition) is 0. The summed E-state index contributed by atoms with van der Waals surface area (Å²) < 4.78 is 3.53. The van der Waals surface area contributed by atoms with E-state index in [0.29, 0.717) is 18.5 Å². The average molecular weight is 525 g/mol. The van der Waals surface area contributed by atoms with Gasteiger partial charge in [-0.25, -0.2) is 9.50 Å². The van der Waals surface area contributed by atoms with Gasteiger partial charge in [0.05, 0.1) is 23.5 Å². The van der Waals surface area contributed by atoms with E-state index in [9.17, 15) is 10.1 Å². The zero-order chi connectivity index (χ0) is 27.6. The van der Waals surface area contributed by atoms with Crippen LogP contribution in [0.4, 0.5) is 5.82 Å². The molecule has 1 saturated heterocycles. The predicted octanol–water partition coefficient (Wildman–Crippen LogP) is 4.92.